The van der Waals surface area contributed by atoms with Crippen molar-refractivity contribution in [3.05, 3.63) is 124 Å². The van der Waals surface area contributed by atoms with Crippen molar-refractivity contribution < 1.29 is 54.5 Å². The lowest BCUT2D eigenvalue weighted by Crippen LogP contribution is -2.32. The second-order valence-electron chi connectivity index (χ2n) is 18.7. The molecule has 356 valence electrons. The third-order valence-corrected chi connectivity index (χ3v) is 14.8. The number of carbonyl (C=O) groups is 3. The van der Waals surface area contributed by atoms with Gasteiger partial charge < -0.3 is 14.5 Å². The summed E-state index contributed by atoms with van der Waals surface area (Å²) in [6.07, 6.45) is 14.3. The van der Waals surface area contributed by atoms with Crippen LogP contribution in [0, 0.1) is 6.92 Å². The smallest absolute Gasteiger partial charge is 0.333 e. The molecule has 3 heterocycles. The van der Waals surface area contributed by atoms with E-state index in [2.05, 4.69) is 67.5 Å². The number of hydrogen-bond acceptors (Lipinski definition) is 10. The van der Waals surface area contributed by atoms with Crippen molar-refractivity contribution >= 4 is 55.1 Å². The van der Waals surface area contributed by atoms with E-state index in [-0.39, 0.29) is 34.5 Å². The fourth-order valence-electron chi connectivity index (χ4n) is 9.43. The van der Waals surface area contributed by atoms with Gasteiger partial charge in [0.25, 0.3) is 32.1 Å². The van der Waals surface area contributed by atoms with Crippen molar-refractivity contribution in [1.29, 1.82) is 0 Å². The van der Waals surface area contributed by atoms with E-state index < -0.39 is 43.4 Å². The molecular weight excluding hydrogens is 895 g/mol. The summed E-state index contributed by atoms with van der Waals surface area (Å²) < 4.78 is 77.4. The van der Waals surface area contributed by atoms with Gasteiger partial charge in [0.15, 0.2) is 5.71 Å². The molecule has 2 amide bonds. The minimum atomic E-state index is -4.51. The van der Waals surface area contributed by atoms with Gasteiger partial charge in [0.2, 0.25) is 5.69 Å². The molecule has 0 spiro atoms. The molecule has 1 fully saturated rings. The number of carbonyl (C=O) groups excluding carboxylic acids is 3. The molecule has 0 aromatic heterocycles. The summed E-state index contributed by atoms with van der Waals surface area (Å²) in [4.78, 5) is 43.0. The lowest BCUT2D eigenvalue weighted by Gasteiger charge is -2.27. The van der Waals surface area contributed by atoms with E-state index in [0.29, 0.717) is 60.8 Å². The van der Waals surface area contributed by atoms with E-state index in [0.717, 1.165) is 48.3 Å². The van der Waals surface area contributed by atoms with E-state index in [1.807, 2.05) is 26.0 Å². The van der Waals surface area contributed by atoms with Crippen molar-refractivity contribution in [2.24, 2.45) is 0 Å². The summed E-state index contributed by atoms with van der Waals surface area (Å²) in [5, 5.41) is 0.548. The quantitative estimate of drug-likeness (QED) is 0.0566. The van der Waals surface area contributed by atoms with Crippen LogP contribution in [-0.4, -0.2) is 72.2 Å². The van der Waals surface area contributed by atoms with E-state index in [9.17, 15) is 40.3 Å². The van der Waals surface area contributed by atoms with Crippen LogP contribution in [0.4, 0.5) is 11.4 Å². The molecule has 0 radical (unpaired) electrons. The molecule has 2 N–H and O–H groups in total. The number of hydrogen-bond donors (Lipinski definition) is 2. The highest BCUT2D eigenvalue weighted by Crippen LogP contribution is 2.49. The summed E-state index contributed by atoms with van der Waals surface area (Å²) in [7, 11) is -8.94. The Morgan fingerprint density at radius 1 is 0.776 bits per heavy atom. The second kappa shape index (κ2) is 19.5. The van der Waals surface area contributed by atoms with Gasteiger partial charge in [-0.1, -0.05) is 51.3 Å². The van der Waals surface area contributed by atoms with Crippen LogP contribution in [0.3, 0.4) is 0 Å². The first kappa shape index (κ1) is 49.2. The molecule has 3 aromatic carbocycles. The lowest BCUT2D eigenvalue weighted by atomic mass is 9.80. The largest absolute Gasteiger partial charge is 0.457 e. The number of allylic oxidation sites excluding steroid dienone is 7. The van der Waals surface area contributed by atoms with E-state index in [1.54, 1.807) is 6.07 Å². The van der Waals surface area contributed by atoms with Crippen LogP contribution in [0.15, 0.2) is 117 Å². The summed E-state index contributed by atoms with van der Waals surface area (Å²) in [5.74, 6) is -0.741. The van der Waals surface area contributed by atoms with Gasteiger partial charge in [-0.2, -0.15) is 21.4 Å². The predicted molar refractivity (Wildman–Crippen MR) is 254 cm³/mol. The Morgan fingerprint density at radius 3 is 2.13 bits per heavy atom. The van der Waals surface area contributed by atoms with E-state index >= 15 is 0 Å². The molecule has 4 aliphatic rings. The molecular formula is C51H60N3O11S2+. The fourth-order valence-corrected chi connectivity index (χ4v) is 10.4. The monoisotopic (exact) mass is 954 g/mol. The van der Waals surface area contributed by atoms with Crippen molar-refractivity contribution in [3.63, 3.8) is 0 Å². The summed E-state index contributed by atoms with van der Waals surface area (Å²) in [6, 6.07) is 16.8. The van der Waals surface area contributed by atoms with Gasteiger partial charge >= 0.3 is 5.97 Å². The highest BCUT2D eigenvalue weighted by Gasteiger charge is 2.44. The van der Waals surface area contributed by atoms with Crippen molar-refractivity contribution in [2.45, 2.75) is 133 Å². The number of aryl methyl sites for hydroxylation is 1. The van der Waals surface area contributed by atoms with Gasteiger partial charge in [-0.3, -0.25) is 18.7 Å². The van der Waals surface area contributed by atoms with Gasteiger partial charge in [0, 0.05) is 66.7 Å². The number of benzene rings is 3. The molecule has 14 nitrogen and oxygen atoms in total. The SMILES string of the molecule is CCCC[N+]1=C(/C=C/C2=C(Oc3ccc(S(=O)(=O)O)cc3)C(=C/C=C3/N(CCCCCC(=O)ON4C(=O)CCC4=O)c4ccc(S(=O)(=O)O)cc4C3(C)C)/CCC2)C(C)(C)c2cc(C)ccc21. The maximum absolute atomic E-state index is 12.5. The van der Waals surface area contributed by atoms with Crippen LogP contribution in [0.5, 0.6) is 5.75 Å². The van der Waals surface area contributed by atoms with Crippen molar-refractivity contribution in [3.8, 4) is 5.75 Å². The number of anilines is 1. The number of hydroxylamine groups is 2. The highest BCUT2D eigenvalue weighted by atomic mass is 32.2. The standard InChI is InChI=1S/C51H59N3O11S2/c1-7-8-30-52-42-24-16-34(2)32-40(42)50(3,4)44(52)26-17-35-13-12-14-36(49(35)64-37-19-21-38(22-20-37)66(58,59)60)18-27-45-51(5,6)41-33-39(67(61,62)63)23-25-43(41)53(45)31-11-9-10-15-48(57)65-54-46(55)28-29-47(54)56/h16-27,32-33H,7-15,28-31H2,1-6H3,(H-,58,59,60,61,62,63)/p+1. The normalized spacial score (nSPS) is 19.3. The van der Waals surface area contributed by atoms with Crippen LogP contribution in [-0.2, 0) is 50.3 Å². The van der Waals surface area contributed by atoms with Gasteiger partial charge in [-0.05, 0) is 130 Å². The van der Waals surface area contributed by atoms with Gasteiger partial charge in [0.1, 0.15) is 18.1 Å². The molecule has 3 aromatic rings. The lowest BCUT2D eigenvalue weighted by molar-refractivity contribution is -0.438. The molecule has 67 heavy (non-hydrogen) atoms. The van der Waals surface area contributed by atoms with Gasteiger partial charge in [0.05, 0.1) is 15.2 Å². The zero-order valence-electron chi connectivity index (χ0n) is 39.0. The van der Waals surface area contributed by atoms with Gasteiger partial charge in [-0.25, -0.2) is 4.79 Å². The molecule has 16 heteroatoms. The van der Waals surface area contributed by atoms with Crippen LogP contribution in [0.25, 0.3) is 0 Å². The Kier molecular flexibility index (Phi) is 14.3. The average Bonchev–Trinajstić information content (AvgIpc) is 3.78. The molecule has 0 bridgehead atoms. The summed E-state index contributed by atoms with van der Waals surface area (Å²) in [6.45, 7) is 14.1. The first-order valence-electron chi connectivity index (χ1n) is 22.9. The molecule has 0 unspecified atom stereocenters. The third kappa shape index (κ3) is 10.6. The number of unbranched alkanes of at least 4 members (excludes halogenated alkanes) is 3. The number of amides is 2. The number of ether oxygens (including phenoxy) is 1. The Morgan fingerprint density at radius 2 is 1.46 bits per heavy atom. The van der Waals surface area contributed by atoms with Crippen molar-refractivity contribution in [2.75, 3.05) is 18.0 Å². The Bertz CT molecular complexity index is 2850. The highest BCUT2D eigenvalue weighted by molar-refractivity contribution is 7.86. The van der Waals surface area contributed by atoms with Crippen LogP contribution < -0.4 is 9.64 Å². The first-order valence-corrected chi connectivity index (χ1v) is 25.8. The molecule has 1 saturated heterocycles. The van der Waals surface area contributed by atoms with E-state index in [1.165, 1.54) is 58.9 Å². The van der Waals surface area contributed by atoms with Crippen LogP contribution >= 0.6 is 0 Å². The van der Waals surface area contributed by atoms with E-state index in [4.69, 9.17) is 9.57 Å². The topological polar surface area (TPSA) is 188 Å². The number of rotatable bonds is 17. The van der Waals surface area contributed by atoms with Crippen LogP contribution in [0.1, 0.15) is 122 Å². The second-order valence-corrected chi connectivity index (χ2v) is 21.5. The maximum atomic E-state index is 12.5. The predicted octanol–water partition coefficient (Wildman–Crippen LogP) is 9.51. The molecule has 3 aliphatic heterocycles. The average molecular weight is 955 g/mol. The Balaban J connectivity index is 1.25. The summed E-state index contributed by atoms with van der Waals surface area (Å²) in [5.41, 5.74) is 7.98. The molecule has 0 saturated carbocycles. The Hall–Kier alpha value is -5.68. The first-order chi connectivity index (χ1) is 31.6. The number of imide groups is 1. The van der Waals surface area contributed by atoms with Crippen molar-refractivity contribution in [1.82, 2.24) is 5.06 Å². The maximum Gasteiger partial charge on any atom is 0.333 e. The fraction of sp³-hybridized carbons (Fsp3) is 0.412. The molecule has 7 rings (SSSR count). The number of nitrogens with zero attached hydrogens (tertiary/aromatic N) is 3. The minimum Gasteiger partial charge on any atom is -0.457 e. The Labute approximate surface area is 393 Å². The molecule has 1 aliphatic carbocycles. The zero-order valence-corrected chi connectivity index (χ0v) is 40.6. The summed E-state index contributed by atoms with van der Waals surface area (Å²) >= 11 is 0. The van der Waals surface area contributed by atoms with Crippen LogP contribution in [0.2, 0.25) is 0 Å². The number of fused-ring (bicyclic) bond motifs is 2. The molecule has 0 atom stereocenters. The van der Waals surface area contributed by atoms with Gasteiger partial charge in [-0.15, -0.1) is 5.06 Å². The zero-order chi connectivity index (χ0) is 48.5. The minimum absolute atomic E-state index is 0.0101. The third-order valence-electron chi connectivity index (χ3n) is 13.1.